The van der Waals surface area contributed by atoms with E-state index in [9.17, 15) is 14.0 Å². The lowest BCUT2D eigenvalue weighted by molar-refractivity contribution is -0.135. The summed E-state index contributed by atoms with van der Waals surface area (Å²) in [6.45, 7) is 4.39. The molecule has 0 N–H and O–H groups in total. The molecule has 0 saturated carbocycles. The first kappa shape index (κ1) is 20.2. The Morgan fingerprint density at radius 1 is 1.00 bits per heavy atom. The second-order valence-electron chi connectivity index (χ2n) is 7.70. The first-order valence-electron chi connectivity index (χ1n) is 10.2. The average Bonchev–Trinajstić information content (AvgIpc) is 3.21. The molecule has 156 valence electrons. The van der Waals surface area contributed by atoms with Crippen molar-refractivity contribution in [2.24, 2.45) is 5.10 Å². The smallest absolute Gasteiger partial charge is 0.257 e. The summed E-state index contributed by atoms with van der Waals surface area (Å²) in [5.74, 6) is -0.331. The molecule has 30 heavy (non-hydrogen) atoms. The van der Waals surface area contributed by atoms with Gasteiger partial charge >= 0.3 is 0 Å². The van der Waals surface area contributed by atoms with Gasteiger partial charge in [0.05, 0.1) is 18.3 Å². The van der Waals surface area contributed by atoms with E-state index < -0.39 is 0 Å². The lowest BCUT2D eigenvalue weighted by Gasteiger charge is -2.34. The molecule has 7 heteroatoms. The monoisotopic (exact) mass is 408 g/mol. The van der Waals surface area contributed by atoms with Crippen LogP contribution < -0.4 is 0 Å². The lowest BCUT2D eigenvalue weighted by Crippen LogP contribution is -2.50. The Bertz CT molecular complexity index is 937. The summed E-state index contributed by atoms with van der Waals surface area (Å²) in [7, 11) is 0. The number of carbonyl (C=O) groups is 2. The van der Waals surface area contributed by atoms with Gasteiger partial charge in [0, 0.05) is 39.5 Å². The quantitative estimate of drug-likeness (QED) is 0.782. The van der Waals surface area contributed by atoms with Crippen LogP contribution in [0.2, 0.25) is 0 Å². The molecule has 1 fully saturated rings. The fourth-order valence-electron chi connectivity index (χ4n) is 3.97. The molecule has 0 bridgehead atoms. The molecule has 4 rings (SSSR count). The molecular formula is C23H25FN4O2. The number of hydrazone groups is 1. The third kappa shape index (κ3) is 4.41. The number of rotatable bonds is 4. The van der Waals surface area contributed by atoms with Crippen LogP contribution in [0.15, 0.2) is 59.7 Å². The van der Waals surface area contributed by atoms with Crippen LogP contribution >= 0.6 is 0 Å². The molecule has 0 unspecified atom stereocenters. The van der Waals surface area contributed by atoms with Crippen molar-refractivity contribution in [2.45, 2.75) is 19.4 Å². The van der Waals surface area contributed by atoms with Crippen LogP contribution in [0, 0.1) is 5.82 Å². The van der Waals surface area contributed by atoms with E-state index in [0.29, 0.717) is 32.6 Å². The molecule has 0 aliphatic carbocycles. The minimum Gasteiger partial charge on any atom is -0.340 e. The van der Waals surface area contributed by atoms with Crippen molar-refractivity contribution < 1.29 is 14.0 Å². The van der Waals surface area contributed by atoms with Crippen LogP contribution in [0.25, 0.3) is 0 Å². The molecule has 0 aromatic heterocycles. The number of benzene rings is 2. The summed E-state index contributed by atoms with van der Waals surface area (Å²) in [6.07, 6.45) is 0.583. The number of nitrogens with zero attached hydrogens (tertiary/aromatic N) is 4. The second-order valence-corrected chi connectivity index (χ2v) is 7.70. The van der Waals surface area contributed by atoms with Crippen molar-refractivity contribution in [1.29, 1.82) is 0 Å². The standard InChI is InChI=1S/C23H25FN4O2/c1-17(29)27-13-11-26(12-14-27)16-23(30)28-22(19-7-9-20(24)10-8-19)15-21(25-28)18-5-3-2-4-6-18/h2-10,22H,11-16H2,1H3/t22-/m0/s1. The van der Waals surface area contributed by atoms with Gasteiger partial charge in [-0.3, -0.25) is 14.5 Å². The zero-order valence-corrected chi connectivity index (χ0v) is 17.0. The highest BCUT2D eigenvalue weighted by atomic mass is 19.1. The molecule has 0 radical (unpaired) electrons. The molecule has 0 spiro atoms. The third-order valence-corrected chi connectivity index (χ3v) is 5.70. The van der Waals surface area contributed by atoms with E-state index >= 15 is 0 Å². The second kappa shape index (κ2) is 8.75. The highest BCUT2D eigenvalue weighted by molar-refractivity contribution is 6.03. The van der Waals surface area contributed by atoms with Crippen molar-refractivity contribution in [3.63, 3.8) is 0 Å². The maximum Gasteiger partial charge on any atom is 0.257 e. The number of piperazine rings is 1. The molecule has 2 aromatic rings. The normalized spacial score (nSPS) is 19.7. The van der Waals surface area contributed by atoms with Crippen molar-refractivity contribution in [1.82, 2.24) is 14.8 Å². The van der Waals surface area contributed by atoms with Gasteiger partial charge in [-0.2, -0.15) is 5.10 Å². The molecule has 2 heterocycles. The number of carbonyl (C=O) groups excluding carboxylic acids is 2. The molecule has 1 atom stereocenters. The first-order chi connectivity index (χ1) is 14.5. The van der Waals surface area contributed by atoms with Crippen LogP contribution in [0.5, 0.6) is 0 Å². The highest BCUT2D eigenvalue weighted by Gasteiger charge is 2.34. The third-order valence-electron chi connectivity index (χ3n) is 5.70. The van der Waals surface area contributed by atoms with Crippen LogP contribution in [0.4, 0.5) is 4.39 Å². The molecule has 6 nitrogen and oxygen atoms in total. The summed E-state index contributed by atoms with van der Waals surface area (Å²) in [5.41, 5.74) is 2.69. The van der Waals surface area contributed by atoms with Crippen molar-refractivity contribution in [2.75, 3.05) is 32.7 Å². The minimum absolute atomic E-state index is 0.0639. The zero-order chi connectivity index (χ0) is 21.1. The van der Waals surface area contributed by atoms with Gasteiger partial charge in [-0.15, -0.1) is 0 Å². The van der Waals surface area contributed by atoms with E-state index in [-0.39, 0.29) is 30.2 Å². The summed E-state index contributed by atoms with van der Waals surface area (Å²) < 4.78 is 13.4. The van der Waals surface area contributed by atoms with E-state index in [1.54, 1.807) is 29.0 Å². The van der Waals surface area contributed by atoms with Crippen molar-refractivity contribution in [3.8, 4) is 0 Å². The van der Waals surface area contributed by atoms with Gasteiger partial charge in [-0.1, -0.05) is 42.5 Å². The summed E-state index contributed by atoms with van der Waals surface area (Å²) in [5, 5.41) is 6.21. The van der Waals surface area contributed by atoms with Gasteiger partial charge < -0.3 is 4.90 Å². The lowest BCUT2D eigenvalue weighted by atomic mass is 9.98. The topological polar surface area (TPSA) is 56.2 Å². The van der Waals surface area contributed by atoms with Gasteiger partial charge in [0.15, 0.2) is 0 Å². The summed E-state index contributed by atoms with van der Waals surface area (Å²) in [4.78, 5) is 28.5. The average molecular weight is 408 g/mol. The van der Waals surface area contributed by atoms with Gasteiger partial charge in [-0.05, 0) is 23.3 Å². The number of hydrogen-bond donors (Lipinski definition) is 0. The number of amides is 2. The van der Waals surface area contributed by atoms with E-state index in [2.05, 4.69) is 10.0 Å². The SMILES string of the molecule is CC(=O)N1CCN(CC(=O)N2N=C(c3ccccc3)C[C@H]2c2ccc(F)cc2)CC1. The van der Waals surface area contributed by atoms with E-state index in [0.717, 1.165) is 16.8 Å². The predicted octanol–water partition coefficient (Wildman–Crippen LogP) is 2.67. The van der Waals surface area contributed by atoms with Gasteiger partial charge in [0.1, 0.15) is 5.82 Å². The Labute approximate surface area is 175 Å². The maximum atomic E-state index is 13.4. The fraction of sp³-hybridized carbons (Fsp3) is 0.348. The number of hydrogen-bond acceptors (Lipinski definition) is 4. The van der Waals surface area contributed by atoms with Gasteiger partial charge in [0.25, 0.3) is 5.91 Å². The van der Waals surface area contributed by atoms with Crippen molar-refractivity contribution in [3.05, 3.63) is 71.5 Å². The van der Waals surface area contributed by atoms with Crippen LogP contribution in [-0.2, 0) is 9.59 Å². The Hall–Kier alpha value is -3.06. The molecule has 2 amide bonds. The molecule has 2 aromatic carbocycles. The van der Waals surface area contributed by atoms with Crippen LogP contribution in [0.3, 0.4) is 0 Å². The largest absolute Gasteiger partial charge is 0.340 e. The Balaban J connectivity index is 1.52. The fourth-order valence-corrected chi connectivity index (χ4v) is 3.97. The highest BCUT2D eigenvalue weighted by Crippen LogP contribution is 2.33. The Kier molecular flexibility index (Phi) is 5.90. The Morgan fingerprint density at radius 2 is 1.67 bits per heavy atom. The zero-order valence-electron chi connectivity index (χ0n) is 17.0. The summed E-state index contributed by atoms with van der Waals surface area (Å²) >= 11 is 0. The molecule has 1 saturated heterocycles. The van der Waals surface area contributed by atoms with Gasteiger partial charge in [-0.25, -0.2) is 9.40 Å². The molecule has 2 aliphatic rings. The van der Waals surface area contributed by atoms with E-state index in [1.807, 2.05) is 30.3 Å². The van der Waals surface area contributed by atoms with E-state index in [4.69, 9.17) is 0 Å². The first-order valence-corrected chi connectivity index (χ1v) is 10.2. The molecule has 2 aliphatic heterocycles. The van der Waals surface area contributed by atoms with Gasteiger partial charge in [0.2, 0.25) is 5.91 Å². The summed E-state index contributed by atoms with van der Waals surface area (Å²) in [6, 6.07) is 15.8. The predicted molar refractivity (Wildman–Crippen MR) is 112 cm³/mol. The minimum atomic E-state index is -0.304. The maximum absolute atomic E-state index is 13.4. The van der Waals surface area contributed by atoms with Crippen LogP contribution in [-0.4, -0.2) is 65.1 Å². The number of halogens is 1. The molecular weight excluding hydrogens is 383 g/mol. The van der Waals surface area contributed by atoms with Crippen LogP contribution in [0.1, 0.15) is 30.5 Å². The Morgan fingerprint density at radius 3 is 2.30 bits per heavy atom. The van der Waals surface area contributed by atoms with Crippen molar-refractivity contribution >= 4 is 17.5 Å². The van der Waals surface area contributed by atoms with E-state index in [1.165, 1.54) is 12.1 Å².